The number of benzene rings is 1. The van der Waals surface area contributed by atoms with Gasteiger partial charge in [0, 0.05) is 24.2 Å². The lowest BCUT2D eigenvalue weighted by molar-refractivity contribution is 0.220. The molecule has 0 aliphatic carbocycles. The first kappa shape index (κ1) is 14.3. The molecule has 0 amide bonds. The number of nitrogens with zero attached hydrogens (tertiary/aromatic N) is 1. The van der Waals surface area contributed by atoms with E-state index < -0.39 is 0 Å². The molecule has 0 atom stereocenters. The van der Waals surface area contributed by atoms with Crippen molar-refractivity contribution in [3.8, 4) is 5.75 Å². The van der Waals surface area contributed by atoms with Gasteiger partial charge in [0.25, 0.3) is 0 Å². The van der Waals surface area contributed by atoms with Gasteiger partial charge in [-0.2, -0.15) is 0 Å². The topological polar surface area (TPSA) is 24.5 Å². The molecule has 0 saturated carbocycles. The van der Waals surface area contributed by atoms with Crippen LogP contribution < -0.4 is 10.1 Å². The van der Waals surface area contributed by atoms with E-state index in [4.69, 9.17) is 4.74 Å². The fraction of sp³-hybridized carbons (Fsp3) is 0.600. The van der Waals surface area contributed by atoms with Gasteiger partial charge in [-0.05, 0) is 39.4 Å². The predicted molar refractivity (Wildman–Crippen MR) is 74.9 cm³/mol. The number of ether oxygens (including phenoxy) is 1. The average molecular weight is 266 g/mol. The maximum absolute atomic E-state index is 14.2. The summed E-state index contributed by atoms with van der Waals surface area (Å²) in [7, 11) is 1.50. The van der Waals surface area contributed by atoms with Crippen LogP contribution >= 0.6 is 0 Å². The van der Waals surface area contributed by atoms with E-state index >= 15 is 0 Å². The van der Waals surface area contributed by atoms with E-state index in [0.29, 0.717) is 17.9 Å². The highest BCUT2D eigenvalue weighted by molar-refractivity contribution is 5.31. The molecule has 1 aromatic rings. The standard InChI is InChI=1S/C15H23FN2O/c1-15(2)11-18(9-5-8-17-15)10-12-6-4-7-13(19-3)14(12)16/h4,6-7,17H,5,8-11H2,1-3H3. The molecule has 1 heterocycles. The van der Waals surface area contributed by atoms with Crippen LogP contribution in [0.5, 0.6) is 5.75 Å². The maximum Gasteiger partial charge on any atom is 0.169 e. The van der Waals surface area contributed by atoms with Gasteiger partial charge in [-0.1, -0.05) is 12.1 Å². The minimum atomic E-state index is -0.236. The first-order valence-corrected chi connectivity index (χ1v) is 6.80. The van der Waals surface area contributed by atoms with Crippen LogP contribution in [0.1, 0.15) is 25.8 Å². The van der Waals surface area contributed by atoms with Crippen LogP contribution in [-0.4, -0.2) is 37.2 Å². The molecule has 3 nitrogen and oxygen atoms in total. The van der Waals surface area contributed by atoms with Crippen LogP contribution in [0.3, 0.4) is 0 Å². The van der Waals surface area contributed by atoms with Gasteiger partial charge >= 0.3 is 0 Å². The molecule has 1 aliphatic heterocycles. The minimum Gasteiger partial charge on any atom is -0.494 e. The Labute approximate surface area is 114 Å². The Morgan fingerprint density at radius 1 is 1.42 bits per heavy atom. The largest absolute Gasteiger partial charge is 0.494 e. The number of rotatable bonds is 3. The molecule has 1 aromatic carbocycles. The van der Waals surface area contributed by atoms with E-state index in [1.54, 1.807) is 6.07 Å². The van der Waals surface area contributed by atoms with E-state index in [2.05, 4.69) is 24.1 Å². The zero-order chi connectivity index (χ0) is 13.9. The summed E-state index contributed by atoms with van der Waals surface area (Å²) in [4.78, 5) is 2.30. The fourth-order valence-corrected chi connectivity index (χ4v) is 2.64. The molecular formula is C15H23FN2O. The number of halogens is 1. The molecule has 0 bridgehead atoms. The fourth-order valence-electron chi connectivity index (χ4n) is 2.64. The van der Waals surface area contributed by atoms with Crippen molar-refractivity contribution in [2.75, 3.05) is 26.7 Å². The molecule has 2 rings (SSSR count). The highest BCUT2D eigenvalue weighted by Gasteiger charge is 2.24. The number of hydrogen-bond acceptors (Lipinski definition) is 3. The molecule has 0 unspecified atom stereocenters. The van der Waals surface area contributed by atoms with Crippen molar-refractivity contribution >= 4 is 0 Å². The molecule has 0 radical (unpaired) electrons. The second-order valence-electron chi connectivity index (χ2n) is 5.81. The molecule has 0 spiro atoms. The summed E-state index contributed by atoms with van der Waals surface area (Å²) in [5.74, 6) is 0.0877. The first-order valence-electron chi connectivity index (χ1n) is 6.80. The molecule has 106 valence electrons. The Hall–Kier alpha value is -1.13. The number of hydrogen-bond donors (Lipinski definition) is 1. The van der Waals surface area contributed by atoms with Gasteiger partial charge in [0.1, 0.15) is 0 Å². The lowest BCUT2D eigenvalue weighted by atomic mass is 10.1. The van der Waals surface area contributed by atoms with Gasteiger partial charge in [-0.25, -0.2) is 4.39 Å². The monoisotopic (exact) mass is 266 g/mol. The summed E-state index contributed by atoms with van der Waals surface area (Å²) < 4.78 is 19.2. The molecule has 4 heteroatoms. The van der Waals surface area contributed by atoms with Crippen molar-refractivity contribution in [3.05, 3.63) is 29.6 Å². The van der Waals surface area contributed by atoms with E-state index in [1.807, 2.05) is 12.1 Å². The van der Waals surface area contributed by atoms with E-state index in [1.165, 1.54) is 7.11 Å². The summed E-state index contributed by atoms with van der Waals surface area (Å²) in [6.07, 6.45) is 1.09. The highest BCUT2D eigenvalue weighted by Crippen LogP contribution is 2.22. The van der Waals surface area contributed by atoms with Gasteiger partial charge in [-0.3, -0.25) is 4.90 Å². The van der Waals surface area contributed by atoms with Gasteiger partial charge in [-0.15, -0.1) is 0 Å². The lowest BCUT2D eigenvalue weighted by Crippen LogP contribution is -2.46. The van der Waals surface area contributed by atoms with E-state index in [9.17, 15) is 4.39 Å². The van der Waals surface area contributed by atoms with E-state index in [-0.39, 0.29) is 11.4 Å². The lowest BCUT2D eigenvalue weighted by Gasteiger charge is -2.30. The zero-order valence-electron chi connectivity index (χ0n) is 12.0. The minimum absolute atomic E-state index is 0.0752. The van der Waals surface area contributed by atoms with Crippen LogP contribution in [0.4, 0.5) is 4.39 Å². The Morgan fingerprint density at radius 3 is 2.95 bits per heavy atom. The van der Waals surface area contributed by atoms with Crippen molar-refractivity contribution < 1.29 is 9.13 Å². The van der Waals surface area contributed by atoms with Gasteiger partial charge in [0.2, 0.25) is 0 Å². The number of nitrogens with one attached hydrogen (secondary N) is 1. The summed E-state index contributed by atoms with van der Waals surface area (Å²) >= 11 is 0. The highest BCUT2D eigenvalue weighted by atomic mass is 19.1. The van der Waals surface area contributed by atoms with Crippen LogP contribution in [0.15, 0.2) is 18.2 Å². The van der Waals surface area contributed by atoms with Gasteiger partial charge in [0.15, 0.2) is 11.6 Å². The molecule has 1 N–H and O–H groups in total. The molecular weight excluding hydrogens is 243 g/mol. The predicted octanol–water partition coefficient (Wildman–Crippen LogP) is 2.41. The van der Waals surface area contributed by atoms with Crippen molar-refractivity contribution in [1.29, 1.82) is 0 Å². The van der Waals surface area contributed by atoms with Crippen LogP contribution in [-0.2, 0) is 6.54 Å². The Kier molecular flexibility index (Phi) is 4.42. The molecule has 1 fully saturated rings. The van der Waals surface area contributed by atoms with Crippen LogP contribution in [0.25, 0.3) is 0 Å². The van der Waals surface area contributed by atoms with Gasteiger partial charge < -0.3 is 10.1 Å². The quantitative estimate of drug-likeness (QED) is 0.909. The normalized spacial score (nSPS) is 20.0. The number of methoxy groups -OCH3 is 1. The molecule has 0 aromatic heterocycles. The van der Waals surface area contributed by atoms with E-state index in [0.717, 1.165) is 26.1 Å². The first-order chi connectivity index (χ1) is 9.02. The summed E-state index contributed by atoms with van der Waals surface area (Å²) in [6, 6.07) is 5.34. The SMILES string of the molecule is COc1cccc(CN2CCCNC(C)(C)C2)c1F. The van der Waals surface area contributed by atoms with Crippen molar-refractivity contribution in [2.24, 2.45) is 0 Å². The average Bonchev–Trinajstić information content (AvgIpc) is 2.52. The van der Waals surface area contributed by atoms with Crippen molar-refractivity contribution in [1.82, 2.24) is 10.2 Å². The summed E-state index contributed by atoms with van der Waals surface area (Å²) in [6.45, 7) is 7.94. The molecule has 1 aliphatic rings. The summed E-state index contributed by atoms with van der Waals surface area (Å²) in [5.41, 5.74) is 0.781. The second-order valence-corrected chi connectivity index (χ2v) is 5.81. The van der Waals surface area contributed by atoms with Gasteiger partial charge in [0.05, 0.1) is 7.11 Å². The molecule has 19 heavy (non-hydrogen) atoms. The molecule has 1 saturated heterocycles. The van der Waals surface area contributed by atoms with Crippen LogP contribution in [0, 0.1) is 5.82 Å². The Balaban J connectivity index is 2.12. The smallest absolute Gasteiger partial charge is 0.169 e. The summed E-state index contributed by atoms with van der Waals surface area (Å²) in [5, 5.41) is 3.51. The second kappa shape index (κ2) is 5.88. The van der Waals surface area contributed by atoms with Crippen molar-refractivity contribution in [3.63, 3.8) is 0 Å². The third-order valence-corrected chi connectivity index (χ3v) is 3.53. The maximum atomic E-state index is 14.2. The third kappa shape index (κ3) is 3.67. The Morgan fingerprint density at radius 2 is 2.21 bits per heavy atom. The third-order valence-electron chi connectivity index (χ3n) is 3.53. The zero-order valence-corrected chi connectivity index (χ0v) is 12.0. The Bertz CT molecular complexity index is 434. The van der Waals surface area contributed by atoms with Crippen LogP contribution in [0.2, 0.25) is 0 Å². The van der Waals surface area contributed by atoms with Crippen molar-refractivity contribution in [2.45, 2.75) is 32.4 Å².